The minimum Gasteiger partial charge on any atom is -0.495 e. The number of hydrogen-bond donors (Lipinski definition) is 2. The van der Waals surface area contributed by atoms with Crippen molar-refractivity contribution in [1.82, 2.24) is 0 Å². The van der Waals surface area contributed by atoms with Crippen LogP contribution in [0.15, 0.2) is 22.7 Å². The molecule has 0 amide bonds. The molecular weight excluding hydrogens is 272 g/mol. The van der Waals surface area contributed by atoms with Gasteiger partial charge < -0.3 is 20.5 Å². The Labute approximate surface area is 104 Å². The average molecular weight is 289 g/mol. The first-order chi connectivity index (χ1) is 7.58. The summed E-state index contributed by atoms with van der Waals surface area (Å²) >= 11 is 3.41. The Morgan fingerprint density at radius 2 is 2.25 bits per heavy atom. The molecule has 0 heterocycles. The van der Waals surface area contributed by atoms with Crippen LogP contribution in [0.2, 0.25) is 0 Å². The molecule has 1 aromatic carbocycles. The molecule has 3 N–H and O–H groups in total. The minimum atomic E-state index is -0.534. The van der Waals surface area contributed by atoms with E-state index in [1.807, 2.05) is 30.1 Å². The molecule has 90 valence electrons. The highest BCUT2D eigenvalue weighted by Crippen LogP contribution is 2.30. The van der Waals surface area contributed by atoms with E-state index in [1.165, 1.54) is 0 Å². The summed E-state index contributed by atoms with van der Waals surface area (Å²) in [5.41, 5.74) is 6.30. The van der Waals surface area contributed by atoms with Crippen LogP contribution < -0.4 is 15.4 Å². The number of methoxy groups -OCH3 is 1. The Morgan fingerprint density at radius 3 is 2.81 bits per heavy atom. The molecule has 1 rings (SSSR count). The third kappa shape index (κ3) is 3.37. The highest BCUT2D eigenvalue weighted by Gasteiger charge is 2.11. The van der Waals surface area contributed by atoms with Crippen LogP contribution in [0.3, 0.4) is 0 Å². The molecule has 0 aliphatic carbocycles. The molecule has 0 bridgehead atoms. The van der Waals surface area contributed by atoms with Crippen LogP contribution in [0.25, 0.3) is 0 Å². The molecular formula is C11H17BrN2O2. The molecule has 16 heavy (non-hydrogen) atoms. The van der Waals surface area contributed by atoms with E-state index in [0.717, 1.165) is 15.9 Å². The highest BCUT2D eigenvalue weighted by atomic mass is 79.9. The van der Waals surface area contributed by atoms with Crippen LogP contribution in [-0.2, 0) is 0 Å². The Morgan fingerprint density at radius 1 is 1.56 bits per heavy atom. The van der Waals surface area contributed by atoms with Gasteiger partial charge >= 0.3 is 0 Å². The van der Waals surface area contributed by atoms with E-state index < -0.39 is 6.10 Å². The Kier molecular flexibility index (Phi) is 5.05. The van der Waals surface area contributed by atoms with E-state index in [0.29, 0.717) is 6.54 Å². The van der Waals surface area contributed by atoms with Gasteiger partial charge in [-0.25, -0.2) is 0 Å². The van der Waals surface area contributed by atoms with E-state index in [1.54, 1.807) is 7.11 Å². The minimum absolute atomic E-state index is 0.251. The lowest BCUT2D eigenvalue weighted by atomic mass is 10.2. The standard InChI is InChI=1S/C11H17BrN2O2/c1-14(7-9(15)6-13)10-5-8(12)3-4-11(10)16-2/h3-5,9,15H,6-7,13H2,1-2H3. The van der Waals surface area contributed by atoms with Gasteiger partial charge in [-0.1, -0.05) is 15.9 Å². The maximum Gasteiger partial charge on any atom is 0.142 e. The van der Waals surface area contributed by atoms with Crippen LogP contribution >= 0.6 is 15.9 Å². The number of likely N-dealkylation sites (N-methyl/N-ethyl adjacent to an activating group) is 1. The summed E-state index contributed by atoms with van der Waals surface area (Å²) in [6.07, 6.45) is -0.534. The lowest BCUT2D eigenvalue weighted by molar-refractivity contribution is 0.189. The van der Waals surface area contributed by atoms with Gasteiger partial charge in [-0.15, -0.1) is 0 Å². The molecule has 0 fully saturated rings. The fraction of sp³-hybridized carbons (Fsp3) is 0.455. The van der Waals surface area contributed by atoms with Gasteiger partial charge in [0.25, 0.3) is 0 Å². The molecule has 0 spiro atoms. The molecule has 0 aliphatic heterocycles. The summed E-state index contributed by atoms with van der Waals surface area (Å²) in [7, 11) is 3.52. The third-order valence-corrected chi connectivity index (χ3v) is 2.80. The van der Waals surface area contributed by atoms with Gasteiger partial charge in [-0.05, 0) is 18.2 Å². The van der Waals surface area contributed by atoms with Crippen molar-refractivity contribution in [1.29, 1.82) is 0 Å². The third-order valence-electron chi connectivity index (χ3n) is 2.31. The first kappa shape index (κ1) is 13.3. The molecule has 1 aromatic rings. The first-order valence-corrected chi connectivity index (χ1v) is 5.80. The first-order valence-electron chi connectivity index (χ1n) is 5.01. The van der Waals surface area contributed by atoms with Crippen molar-refractivity contribution in [3.63, 3.8) is 0 Å². The Balaban J connectivity index is 2.88. The van der Waals surface area contributed by atoms with Crippen molar-refractivity contribution in [2.24, 2.45) is 5.73 Å². The van der Waals surface area contributed by atoms with E-state index in [2.05, 4.69) is 15.9 Å². The second-order valence-electron chi connectivity index (χ2n) is 3.59. The lowest BCUT2D eigenvalue weighted by Crippen LogP contribution is -2.34. The van der Waals surface area contributed by atoms with Crippen molar-refractivity contribution in [2.45, 2.75) is 6.10 Å². The Hall–Kier alpha value is -0.780. The van der Waals surface area contributed by atoms with Crippen LogP contribution in [0, 0.1) is 0 Å². The molecule has 0 saturated carbocycles. The zero-order valence-corrected chi connectivity index (χ0v) is 11.1. The summed E-state index contributed by atoms with van der Waals surface area (Å²) in [4.78, 5) is 1.92. The smallest absolute Gasteiger partial charge is 0.142 e. The normalized spacial score (nSPS) is 12.3. The molecule has 0 radical (unpaired) electrons. The molecule has 5 heteroatoms. The number of aliphatic hydroxyl groups is 1. The van der Waals surface area contributed by atoms with Crippen LogP contribution in [0.1, 0.15) is 0 Å². The predicted molar refractivity (Wildman–Crippen MR) is 69.0 cm³/mol. The number of aliphatic hydroxyl groups excluding tert-OH is 1. The van der Waals surface area contributed by atoms with Crippen LogP contribution in [0.4, 0.5) is 5.69 Å². The number of nitrogens with zero attached hydrogens (tertiary/aromatic N) is 1. The zero-order chi connectivity index (χ0) is 12.1. The van der Waals surface area contributed by atoms with Crippen molar-refractivity contribution in [2.75, 3.05) is 32.1 Å². The van der Waals surface area contributed by atoms with E-state index in [9.17, 15) is 5.11 Å². The van der Waals surface area contributed by atoms with Crippen molar-refractivity contribution in [3.8, 4) is 5.75 Å². The second kappa shape index (κ2) is 6.08. The summed E-state index contributed by atoms with van der Waals surface area (Å²) in [5.74, 6) is 0.773. The number of hydrogen-bond acceptors (Lipinski definition) is 4. The van der Waals surface area contributed by atoms with Gasteiger partial charge in [0.15, 0.2) is 0 Å². The monoisotopic (exact) mass is 288 g/mol. The number of benzene rings is 1. The van der Waals surface area contributed by atoms with Crippen LogP contribution in [-0.4, -0.2) is 38.5 Å². The van der Waals surface area contributed by atoms with E-state index in [4.69, 9.17) is 10.5 Å². The Bertz CT molecular complexity index is 347. The molecule has 0 aliphatic rings. The molecule has 1 atom stereocenters. The van der Waals surface area contributed by atoms with Crippen molar-refractivity contribution in [3.05, 3.63) is 22.7 Å². The van der Waals surface area contributed by atoms with Gasteiger partial charge in [0.2, 0.25) is 0 Å². The number of anilines is 1. The summed E-state index contributed by atoms with van der Waals surface area (Å²) in [6, 6.07) is 5.74. The SMILES string of the molecule is COc1ccc(Br)cc1N(C)CC(O)CN. The van der Waals surface area contributed by atoms with Gasteiger partial charge in [-0.3, -0.25) is 0 Å². The van der Waals surface area contributed by atoms with Gasteiger partial charge in [0.05, 0.1) is 18.9 Å². The summed E-state index contributed by atoms with van der Waals surface area (Å²) in [6.45, 7) is 0.726. The van der Waals surface area contributed by atoms with Crippen molar-refractivity contribution >= 4 is 21.6 Å². The largest absolute Gasteiger partial charge is 0.495 e. The number of halogens is 1. The quantitative estimate of drug-likeness (QED) is 0.855. The molecule has 1 unspecified atom stereocenters. The van der Waals surface area contributed by atoms with Gasteiger partial charge in [-0.2, -0.15) is 0 Å². The van der Waals surface area contributed by atoms with E-state index in [-0.39, 0.29) is 6.54 Å². The number of ether oxygens (including phenoxy) is 1. The second-order valence-corrected chi connectivity index (χ2v) is 4.50. The maximum absolute atomic E-state index is 9.50. The zero-order valence-electron chi connectivity index (χ0n) is 9.48. The fourth-order valence-electron chi connectivity index (χ4n) is 1.45. The predicted octanol–water partition coefficient (Wildman–Crippen LogP) is 1.21. The topological polar surface area (TPSA) is 58.7 Å². The molecule has 4 nitrogen and oxygen atoms in total. The van der Waals surface area contributed by atoms with E-state index >= 15 is 0 Å². The highest BCUT2D eigenvalue weighted by molar-refractivity contribution is 9.10. The summed E-state index contributed by atoms with van der Waals surface area (Å²) in [5, 5.41) is 9.50. The average Bonchev–Trinajstić information content (AvgIpc) is 2.28. The molecule has 0 aromatic heterocycles. The lowest BCUT2D eigenvalue weighted by Gasteiger charge is -2.24. The van der Waals surface area contributed by atoms with Gasteiger partial charge in [0, 0.05) is 24.6 Å². The number of rotatable bonds is 5. The summed E-state index contributed by atoms with van der Waals surface area (Å²) < 4.78 is 6.23. The molecule has 0 saturated heterocycles. The van der Waals surface area contributed by atoms with Crippen molar-refractivity contribution < 1.29 is 9.84 Å². The van der Waals surface area contributed by atoms with Crippen LogP contribution in [0.5, 0.6) is 5.75 Å². The maximum atomic E-state index is 9.50. The van der Waals surface area contributed by atoms with Gasteiger partial charge in [0.1, 0.15) is 5.75 Å². The number of nitrogens with two attached hydrogens (primary N) is 1. The fourth-order valence-corrected chi connectivity index (χ4v) is 1.80.